The zero-order valence-electron chi connectivity index (χ0n) is 13.6. The number of likely N-dealkylation sites (tertiary alicyclic amines) is 1. The summed E-state index contributed by atoms with van der Waals surface area (Å²) in [5, 5.41) is 5.02. The van der Waals surface area contributed by atoms with Crippen molar-refractivity contribution in [2.24, 2.45) is 0 Å². The summed E-state index contributed by atoms with van der Waals surface area (Å²) in [6.45, 7) is 3.56. The van der Waals surface area contributed by atoms with Crippen LogP contribution in [0.15, 0.2) is 30.6 Å². The molecule has 2 atom stereocenters. The van der Waals surface area contributed by atoms with Gasteiger partial charge in [-0.05, 0) is 49.1 Å². The first-order valence-corrected chi connectivity index (χ1v) is 8.72. The van der Waals surface area contributed by atoms with E-state index in [1.807, 2.05) is 41.0 Å². The van der Waals surface area contributed by atoms with Crippen molar-refractivity contribution in [2.75, 3.05) is 6.54 Å². The molecule has 1 saturated heterocycles. The Morgan fingerprint density at radius 1 is 1.46 bits per heavy atom. The molecule has 0 N–H and O–H groups in total. The summed E-state index contributed by atoms with van der Waals surface area (Å²) < 4.78 is 7.79. The lowest BCUT2D eigenvalue weighted by molar-refractivity contribution is -0.139. The fourth-order valence-electron chi connectivity index (χ4n) is 3.64. The standard InChI is InChI=1S/C18H20ClN3O2/c1-12-9-20-21(10-12)11-15-3-2-6-22(15)18(23)17-8-13-7-14(19)4-5-16(13)24-17/h4-5,7,9-10,15,17H,2-3,6,8,11H2,1H3/t15-,17+/m1/s1. The normalized spacial score (nSPS) is 22.5. The van der Waals surface area contributed by atoms with E-state index in [4.69, 9.17) is 16.3 Å². The van der Waals surface area contributed by atoms with E-state index in [1.54, 1.807) is 6.07 Å². The van der Waals surface area contributed by atoms with Gasteiger partial charge in [0.2, 0.25) is 0 Å². The van der Waals surface area contributed by atoms with Gasteiger partial charge in [-0.15, -0.1) is 0 Å². The Morgan fingerprint density at radius 2 is 2.33 bits per heavy atom. The predicted octanol–water partition coefficient (Wildman–Crippen LogP) is 2.84. The zero-order valence-corrected chi connectivity index (χ0v) is 14.4. The van der Waals surface area contributed by atoms with E-state index < -0.39 is 6.10 Å². The quantitative estimate of drug-likeness (QED) is 0.859. The third-order valence-electron chi connectivity index (χ3n) is 4.79. The summed E-state index contributed by atoms with van der Waals surface area (Å²) in [6.07, 6.45) is 6.07. The second-order valence-corrected chi connectivity index (χ2v) is 7.07. The van der Waals surface area contributed by atoms with Gasteiger partial charge in [0.25, 0.3) is 5.91 Å². The van der Waals surface area contributed by atoms with E-state index in [0.717, 1.165) is 42.8 Å². The lowest BCUT2D eigenvalue weighted by Gasteiger charge is -2.27. The van der Waals surface area contributed by atoms with Crippen LogP contribution in [-0.4, -0.2) is 39.3 Å². The number of halogens is 1. The van der Waals surface area contributed by atoms with Gasteiger partial charge >= 0.3 is 0 Å². The molecule has 0 aliphatic carbocycles. The van der Waals surface area contributed by atoms with E-state index in [-0.39, 0.29) is 11.9 Å². The summed E-state index contributed by atoms with van der Waals surface area (Å²) in [4.78, 5) is 14.9. The highest BCUT2D eigenvalue weighted by atomic mass is 35.5. The molecule has 4 rings (SSSR count). The second kappa shape index (κ2) is 6.13. The average molecular weight is 346 g/mol. The summed E-state index contributed by atoms with van der Waals surface area (Å²) in [6, 6.07) is 5.72. The molecule has 126 valence electrons. The van der Waals surface area contributed by atoms with Crippen LogP contribution < -0.4 is 4.74 Å². The van der Waals surface area contributed by atoms with Gasteiger partial charge in [0.15, 0.2) is 6.10 Å². The molecule has 1 amide bonds. The highest BCUT2D eigenvalue weighted by molar-refractivity contribution is 6.30. The van der Waals surface area contributed by atoms with Crippen LogP contribution in [0.2, 0.25) is 5.02 Å². The topological polar surface area (TPSA) is 47.4 Å². The number of hydrogen-bond donors (Lipinski definition) is 0. The van der Waals surface area contributed by atoms with E-state index in [0.29, 0.717) is 11.4 Å². The van der Waals surface area contributed by atoms with Crippen molar-refractivity contribution < 1.29 is 9.53 Å². The molecular weight excluding hydrogens is 326 g/mol. The minimum absolute atomic E-state index is 0.0775. The third-order valence-corrected chi connectivity index (χ3v) is 5.03. The number of rotatable bonds is 3. The first kappa shape index (κ1) is 15.5. The number of ether oxygens (including phenoxy) is 1. The highest BCUT2D eigenvalue weighted by Crippen LogP contribution is 2.33. The van der Waals surface area contributed by atoms with Gasteiger partial charge in [0, 0.05) is 24.2 Å². The van der Waals surface area contributed by atoms with Crippen molar-refractivity contribution in [3.63, 3.8) is 0 Å². The van der Waals surface area contributed by atoms with Crippen LogP contribution >= 0.6 is 11.6 Å². The lowest BCUT2D eigenvalue weighted by Crippen LogP contribution is -2.45. The monoisotopic (exact) mass is 345 g/mol. The van der Waals surface area contributed by atoms with Crippen LogP contribution in [-0.2, 0) is 17.8 Å². The maximum absolute atomic E-state index is 12.9. The fraction of sp³-hybridized carbons (Fsp3) is 0.444. The molecule has 1 aromatic carbocycles. The van der Waals surface area contributed by atoms with Gasteiger partial charge in [-0.2, -0.15) is 5.10 Å². The van der Waals surface area contributed by atoms with Crippen molar-refractivity contribution in [3.05, 3.63) is 46.7 Å². The number of carbonyl (C=O) groups is 1. The van der Waals surface area contributed by atoms with E-state index >= 15 is 0 Å². The van der Waals surface area contributed by atoms with Gasteiger partial charge in [0.1, 0.15) is 5.75 Å². The molecule has 0 bridgehead atoms. The maximum atomic E-state index is 12.9. The van der Waals surface area contributed by atoms with Crippen LogP contribution in [0.25, 0.3) is 0 Å². The van der Waals surface area contributed by atoms with Gasteiger partial charge in [-0.1, -0.05) is 11.6 Å². The molecule has 0 saturated carbocycles. The molecule has 0 radical (unpaired) electrons. The van der Waals surface area contributed by atoms with Gasteiger partial charge in [0.05, 0.1) is 18.8 Å². The van der Waals surface area contributed by atoms with Crippen LogP contribution in [0, 0.1) is 6.92 Å². The number of carbonyl (C=O) groups excluding carboxylic acids is 1. The molecular formula is C18H20ClN3O2. The summed E-state index contributed by atoms with van der Waals surface area (Å²) in [5.74, 6) is 0.852. The number of nitrogens with zero attached hydrogens (tertiary/aromatic N) is 3. The molecule has 2 aliphatic heterocycles. The Kier molecular flexibility index (Phi) is 3.96. The molecule has 6 heteroatoms. The summed E-state index contributed by atoms with van der Waals surface area (Å²) in [5.41, 5.74) is 2.15. The number of aryl methyl sites for hydroxylation is 1. The van der Waals surface area contributed by atoms with Crippen molar-refractivity contribution in [1.29, 1.82) is 0 Å². The average Bonchev–Trinajstić information content (AvgIpc) is 3.26. The fourth-order valence-corrected chi connectivity index (χ4v) is 3.83. The Morgan fingerprint density at radius 3 is 3.12 bits per heavy atom. The second-order valence-electron chi connectivity index (χ2n) is 6.63. The molecule has 1 fully saturated rings. The number of hydrogen-bond acceptors (Lipinski definition) is 3. The van der Waals surface area contributed by atoms with Crippen molar-refractivity contribution in [2.45, 2.75) is 44.9 Å². The van der Waals surface area contributed by atoms with Gasteiger partial charge in [-0.3, -0.25) is 9.48 Å². The minimum Gasteiger partial charge on any atom is -0.480 e. The first-order valence-electron chi connectivity index (χ1n) is 8.35. The van der Waals surface area contributed by atoms with Crippen molar-refractivity contribution in [3.8, 4) is 5.75 Å². The number of fused-ring (bicyclic) bond motifs is 1. The summed E-state index contributed by atoms with van der Waals surface area (Å²) in [7, 11) is 0. The van der Waals surface area contributed by atoms with Gasteiger partial charge in [-0.25, -0.2) is 0 Å². The maximum Gasteiger partial charge on any atom is 0.264 e. The molecule has 3 heterocycles. The molecule has 2 aliphatic rings. The van der Waals surface area contributed by atoms with Gasteiger partial charge < -0.3 is 9.64 Å². The van der Waals surface area contributed by atoms with Crippen LogP contribution in [0.5, 0.6) is 5.75 Å². The lowest BCUT2D eigenvalue weighted by atomic mass is 10.1. The van der Waals surface area contributed by atoms with E-state index in [9.17, 15) is 4.79 Å². The molecule has 1 aromatic heterocycles. The molecule has 2 aromatic rings. The number of amides is 1. The third kappa shape index (κ3) is 2.88. The highest BCUT2D eigenvalue weighted by Gasteiger charge is 2.37. The van der Waals surface area contributed by atoms with Crippen molar-refractivity contribution >= 4 is 17.5 Å². The van der Waals surface area contributed by atoms with E-state index in [2.05, 4.69) is 5.10 Å². The first-order chi connectivity index (χ1) is 11.6. The molecule has 5 nitrogen and oxygen atoms in total. The van der Waals surface area contributed by atoms with Crippen molar-refractivity contribution in [1.82, 2.24) is 14.7 Å². The molecule has 24 heavy (non-hydrogen) atoms. The SMILES string of the molecule is Cc1cnn(C[C@H]2CCCN2C(=O)[C@@H]2Cc3cc(Cl)ccc3O2)c1. The Bertz CT molecular complexity index is 773. The van der Waals surface area contributed by atoms with Crippen LogP contribution in [0.3, 0.4) is 0 Å². The largest absolute Gasteiger partial charge is 0.480 e. The van der Waals surface area contributed by atoms with E-state index in [1.165, 1.54) is 0 Å². The predicted molar refractivity (Wildman–Crippen MR) is 91.3 cm³/mol. The minimum atomic E-state index is -0.432. The number of aromatic nitrogens is 2. The smallest absolute Gasteiger partial charge is 0.264 e. The van der Waals surface area contributed by atoms with Crippen LogP contribution in [0.1, 0.15) is 24.0 Å². The summed E-state index contributed by atoms with van der Waals surface area (Å²) >= 11 is 6.03. The molecule has 0 spiro atoms. The Labute approximate surface area is 146 Å². The Balaban J connectivity index is 1.46. The van der Waals surface area contributed by atoms with Crippen LogP contribution in [0.4, 0.5) is 0 Å². The molecule has 0 unspecified atom stereocenters. The zero-order chi connectivity index (χ0) is 16.7. The Hall–Kier alpha value is -2.01. The number of benzene rings is 1.